The molecule has 1 fully saturated rings. The molecule has 0 bridgehead atoms. The van der Waals surface area contributed by atoms with E-state index in [0.717, 1.165) is 88.3 Å². The first-order chi connectivity index (χ1) is 17.9. The number of amides is 3. The maximum Gasteiger partial charge on any atom is 0.251 e. The highest BCUT2D eigenvalue weighted by Gasteiger charge is 2.20. The maximum absolute atomic E-state index is 12.7. The number of unbranched alkanes of at least 4 members (excludes halogenated alkanes) is 1. The molecule has 8 nitrogen and oxygen atoms in total. The summed E-state index contributed by atoms with van der Waals surface area (Å²) in [7, 11) is 0. The van der Waals surface area contributed by atoms with Gasteiger partial charge >= 0.3 is 0 Å². The molecule has 0 saturated carbocycles. The van der Waals surface area contributed by atoms with Crippen molar-refractivity contribution in [3.05, 3.63) is 53.6 Å². The van der Waals surface area contributed by atoms with Gasteiger partial charge in [-0.2, -0.15) is 0 Å². The molecule has 8 heteroatoms. The van der Waals surface area contributed by atoms with E-state index in [1.807, 2.05) is 35.2 Å². The van der Waals surface area contributed by atoms with Crippen molar-refractivity contribution < 1.29 is 14.4 Å². The van der Waals surface area contributed by atoms with Gasteiger partial charge in [0.2, 0.25) is 11.8 Å². The molecule has 3 amide bonds. The van der Waals surface area contributed by atoms with Gasteiger partial charge in [-0.3, -0.25) is 19.3 Å². The average Bonchev–Trinajstić information content (AvgIpc) is 2.91. The molecule has 0 atom stereocenters. The molecule has 37 heavy (non-hydrogen) atoms. The SMILES string of the molecule is CC(=O)N1CCCc2cc(-c3ccc(C(=O)NCCN4CCN(CCCCC(N)=O)CC4)cc3)ccc21. The van der Waals surface area contributed by atoms with Crippen LogP contribution in [-0.4, -0.2) is 79.9 Å². The van der Waals surface area contributed by atoms with Crippen molar-refractivity contribution in [1.29, 1.82) is 0 Å². The Balaban J connectivity index is 1.21. The molecule has 2 aromatic carbocycles. The summed E-state index contributed by atoms with van der Waals surface area (Å²) in [5.74, 6) is -0.192. The van der Waals surface area contributed by atoms with E-state index in [2.05, 4.69) is 27.2 Å². The molecule has 3 N–H and O–H groups in total. The predicted molar refractivity (Wildman–Crippen MR) is 146 cm³/mol. The molecule has 0 aliphatic carbocycles. The minimum Gasteiger partial charge on any atom is -0.370 e. The Morgan fingerprint density at radius 1 is 0.865 bits per heavy atom. The largest absolute Gasteiger partial charge is 0.370 e. The van der Waals surface area contributed by atoms with Crippen molar-refractivity contribution in [2.45, 2.75) is 39.0 Å². The highest BCUT2D eigenvalue weighted by molar-refractivity contribution is 5.95. The van der Waals surface area contributed by atoms with Gasteiger partial charge in [-0.25, -0.2) is 0 Å². The summed E-state index contributed by atoms with van der Waals surface area (Å²) in [6.07, 6.45) is 4.28. The molecule has 0 radical (unpaired) electrons. The topological polar surface area (TPSA) is 99.0 Å². The zero-order valence-electron chi connectivity index (χ0n) is 21.9. The monoisotopic (exact) mass is 505 g/mol. The minimum absolute atomic E-state index is 0.0535. The summed E-state index contributed by atoms with van der Waals surface area (Å²) in [5.41, 5.74) is 10.2. The van der Waals surface area contributed by atoms with Crippen LogP contribution in [0.25, 0.3) is 11.1 Å². The van der Waals surface area contributed by atoms with Crippen LogP contribution in [0, 0.1) is 0 Å². The van der Waals surface area contributed by atoms with Crippen LogP contribution < -0.4 is 16.0 Å². The predicted octanol–water partition coefficient (Wildman–Crippen LogP) is 2.66. The van der Waals surface area contributed by atoms with Crippen LogP contribution in [0.2, 0.25) is 0 Å². The summed E-state index contributed by atoms with van der Waals surface area (Å²) in [6, 6.07) is 14.0. The Morgan fingerprint density at radius 2 is 1.54 bits per heavy atom. The lowest BCUT2D eigenvalue weighted by molar-refractivity contribution is -0.118. The van der Waals surface area contributed by atoms with E-state index >= 15 is 0 Å². The van der Waals surface area contributed by atoms with E-state index in [9.17, 15) is 14.4 Å². The molecule has 2 aliphatic rings. The fourth-order valence-corrected chi connectivity index (χ4v) is 5.22. The van der Waals surface area contributed by atoms with Crippen molar-refractivity contribution in [1.82, 2.24) is 15.1 Å². The quantitative estimate of drug-likeness (QED) is 0.484. The van der Waals surface area contributed by atoms with Crippen molar-refractivity contribution in [3.8, 4) is 11.1 Å². The van der Waals surface area contributed by atoms with Gasteiger partial charge in [-0.15, -0.1) is 0 Å². The fourth-order valence-electron chi connectivity index (χ4n) is 5.22. The van der Waals surface area contributed by atoms with E-state index in [0.29, 0.717) is 18.5 Å². The summed E-state index contributed by atoms with van der Waals surface area (Å²) >= 11 is 0. The molecule has 1 saturated heterocycles. The number of nitrogens with zero attached hydrogens (tertiary/aromatic N) is 3. The van der Waals surface area contributed by atoms with Crippen LogP contribution >= 0.6 is 0 Å². The van der Waals surface area contributed by atoms with Crippen molar-refractivity contribution in [3.63, 3.8) is 0 Å². The maximum atomic E-state index is 12.7. The first-order valence-electron chi connectivity index (χ1n) is 13.4. The van der Waals surface area contributed by atoms with Crippen LogP contribution in [0.1, 0.15) is 48.5 Å². The number of rotatable bonds is 10. The highest BCUT2D eigenvalue weighted by atomic mass is 16.2. The van der Waals surface area contributed by atoms with Gasteiger partial charge in [0.1, 0.15) is 0 Å². The summed E-state index contributed by atoms with van der Waals surface area (Å²) in [4.78, 5) is 42.1. The van der Waals surface area contributed by atoms with Gasteiger partial charge in [0.15, 0.2) is 0 Å². The van der Waals surface area contributed by atoms with Gasteiger partial charge in [-0.05, 0) is 73.2 Å². The molecule has 0 aromatic heterocycles. The molecular formula is C29H39N5O3. The number of fused-ring (bicyclic) bond motifs is 1. The van der Waals surface area contributed by atoms with Crippen LogP contribution in [-0.2, 0) is 16.0 Å². The van der Waals surface area contributed by atoms with Crippen LogP contribution in [0.4, 0.5) is 5.69 Å². The van der Waals surface area contributed by atoms with E-state index < -0.39 is 0 Å². The molecular weight excluding hydrogens is 466 g/mol. The molecule has 4 rings (SSSR count). The summed E-state index contributed by atoms with van der Waals surface area (Å²) in [5, 5.41) is 3.05. The molecule has 0 unspecified atom stereocenters. The zero-order valence-corrected chi connectivity index (χ0v) is 21.9. The lowest BCUT2D eigenvalue weighted by Crippen LogP contribution is -2.48. The van der Waals surface area contributed by atoms with E-state index in [1.54, 1.807) is 6.92 Å². The number of aryl methyl sites for hydroxylation is 1. The number of carbonyl (C=O) groups is 3. The number of hydrogen-bond acceptors (Lipinski definition) is 5. The van der Waals surface area contributed by atoms with Gasteiger partial charge in [0, 0.05) is 70.4 Å². The summed E-state index contributed by atoms with van der Waals surface area (Å²) in [6.45, 7) is 8.88. The second-order valence-corrected chi connectivity index (χ2v) is 10.1. The number of hydrogen-bond donors (Lipinski definition) is 2. The number of primary amides is 1. The highest BCUT2D eigenvalue weighted by Crippen LogP contribution is 2.31. The average molecular weight is 506 g/mol. The molecule has 2 heterocycles. The lowest BCUT2D eigenvalue weighted by atomic mass is 9.95. The van der Waals surface area contributed by atoms with Gasteiger partial charge in [-0.1, -0.05) is 18.2 Å². The number of carbonyl (C=O) groups excluding carboxylic acids is 3. The lowest BCUT2D eigenvalue weighted by Gasteiger charge is -2.34. The van der Waals surface area contributed by atoms with Crippen molar-refractivity contribution in [2.75, 3.05) is 57.3 Å². The Bertz CT molecular complexity index is 1090. The fraction of sp³-hybridized carbons (Fsp3) is 0.483. The third-order valence-corrected chi connectivity index (χ3v) is 7.38. The Labute approximate surface area is 219 Å². The second-order valence-electron chi connectivity index (χ2n) is 10.1. The van der Waals surface area contributed by atoms with E-state index in [1.165, 1.54) is 5.56 Å². The first-order valence-corrected chi connectivity index (χ1v) is 13.4. The van der Waals surface area contributed by atoms with Gasteiger partial charge in [0.25, 0.3) is 5.91 Å². The van der Waals surface area contributed by atoms with Crippen LogP contribution in [0.5, 0.6) is 0 Å². The Kier molecular flexibility index (Phi) is 9.30. The molecule has 2 aromatic rings. The number of nitrogens with two attached hydrogens (primary N) is 1. The Morgan fingerprint density at radius 3 is 2.22 bits per heavy atom. The van der Waals surface area contributed by atoms with Gasteiger partial charge < -0.3 is 20.9 Å². The number of nitrogens with one attached hydrogen (secondary N) is 1. The number of anilines is 1. The third-order valence-electron chi connectivity index (χ3n) is 7.38. The normalized spacial score (nSPS) is 16.3. The van der Waals surface area contributed by atoms with Crippen molar-refractivity contribution >= 4 is 23.4 Å². The van der Waals surface area contributed by atoms with E-state index in [4.69, 9.17) is 5.73 Å². The van der Waals surface area contributed by atoms with E-state index in [-0.39, 0.29) is 17.7 Å². The molecule has 2 aliphatic heterocycles. The third kappa shape index (κ3) is 7.40. The Hall–Kier alpha value is -3.23. The first kappa shape index (κ1) is 26.8. The number of piperazine rings is 1. The standard InChI is InChI=1S/C29H39N5O3/c1-22(35)34-15-4-5-26-21-25(11-12-27(26)34)23-7-9-24(10-8-23)29(37)31-13-16-33-19-17-32(18-20-33)14-3-2-6-28(30)36/h7-12,21H,2-6,13-20H2,1H3,(H2,30,36)(H,31,37). The minimum atomic E-state index is -0.222. The molecule has 0 spiro atoms. The second kappa shape index (κ2) is 12.8. The number of benzene rings is 2. The zero-order chi connectivity index (χ0) is 26.2. The van der Waals surface area contributed by atoms with Crippen LogP contribution in [0.15, 0.2) is 42.5 Å². The van der Waals surface area contributed by atoms with Crippen LogP contribution in [0.3, 0.4) is 0 Å². The smallest absolute Gasteiger partial charge is 0.251 e. The van der Waals surface area contributed by atoms with Gasteiger partial charge in [0.05, 0.1) is 0 Å². The summed E-state index contributed by atoms with van der Waals surface area (Å²) < 4.78 is 0. The molecule has 198 valence electrons. The van der Waals surface area contributed by atoms with Crippen molar-refractivity contribution in [2.24, 2.45) is 5.73 Å².